The van der Waals surface area contributed by atoms with Crippen molar-refractivity contribution in [1.82, 2.24) is 15.6 Å². The molecule has 2 rings (SSSR count). The lowest BCUT2D eigenvalue weighted by atomic mass is 9.93. The van der Waals surface area contributed by atoms with Gasteiger partial charge in [-0.15, -0.1) is 12.4 Å². The molecule has 1 aliphatic heterocycles. The zero-order valence-electron chi connectivity index (χ0n) is 14.8. The van der Waals surface area contributed by atoms with E-state index in [1.165, 1.54) is 7.05 Å². The van der Waals surface area contributed by atoms with Crippen LogP contribution in [0.2, 0.25) is 0 Å². The Morgan fingerprint density at radius 3 is 2.68 bits per heavy atom. The number of anilines is 1. The smallest absolute Gasteiger partial charge is 0.407 e. The molecule has 1 aliphatic rings. The van der Waals surface area contributed by atoms with Crippen molar-refractivity contribution >= 4 is 30.2 Å². The van der Waals surface area contributed by atoms with Crippen LogP contribution in [0.4, 0.5) is 10.6 Å². The summed E-state index contributed by atoms with van der Waals surface area (Å²) in [6, 6.07) is 6.10. The van der Waals surface area contributed by atoms with Crippen molar-refractivity contribution in [2.75, 3.05) is 38.2 Å². The minimum absolute atomic E-state index is 0. The number of amides is 2. The van der Waals surface area contributed by atoms with E-state index in [9.17, 15) is 9.59 Å². The van der Waals surface area contributed by atoms with E-state index in [0.29, 0.717) is 12.5 Å². The fraction of sp³-hybridized carbons (Fsp3) is 0.588. The number of piperidine rings is 1. The monoisotopic (exact) mass is 370 g/mol. The summed E-state index contributed by atoms with van der Waals surface area (Å²) in [6.07, 6.45) is 2.55. The number of pyridine rings is 1. The molecule has 1 fully saturated rings. The number of aromatic nitrogens is 1. The van der Waals surface area contributed by atoms with Gasteiger partial charge in [-0.05, 0) is 44.2 Å². The van der Waals surface area contributed by atoms with Gasteiger partial charge < -0.3 is 20.3 Å². The Morgan fingerprint density at radius 1 is 1.32 bits per heavy atom. The third-order valence-electron chi connectivity index (χ3n) is 4.25. The van der Waals surface area contributed by atoms with Crippen molar-refractivity contribution in [3.05, 3.63) is 23.9 Å². The maximum Gasteiger partial charge on any atom is 0.407 e. The molecular formula is C17H27ClN4O3. The summed E-state index contributed by atoms with van der Waals surface area (Å²) in [7, 11) is 1.50. The lowest BCUT2D eigenvalue weighted by molar-refractivity contribution is -0.123. The molecule has 2 amide bonds. The number of carbonyl (C=O) groups is 2. The van der Waals surface area contributed by atoms with Gasteiger partial charge in [0.1, 0.15) is 5.82 Å². The number of alkyl carbamates (subject to hydrolysis) is 1. The predicted molar refractivity (Wildman–Crippen MR) is 99.2 cm³/mol. The normalized spacial score (nSPS) is 14.4. The number of hydrogen-bond donors (Lipinski definition) is 2. The van der Waals surface area contributed by atoms with Crippen molar-refractivity contribution in [3.63, 3.8) is 0 Å². The average Bonchev–Trinajstić information content (AvgIpc) is 2.60. The number of carbonyl (C=O) groups excluding carboxylic acids is 2. The highest BCUT2D eigenvalue weighted by Crippen LogP contribution is 2.23. The van der Waals surface area contributed by atoms with Crippen LogP contribution in [0.3, 0.4) is 0 Å². The van der Waals surface area contributed by atoms with E-state index in [2.05, 4.69) is 26.6 Å². The van der Waals surface area contributed by atoms with Gasteiger partial charge in [0.05, 0.1) is 0 Å². The summed E-state index contributed by atoms with van der Waals surface area (Å²) in [5, 5.41) is 5.09. The summed E-state index contributed by atoms with van der Waals surface area (Å²) < 4.78 is 4.79. The standard InChI is InChI=1S/C17H26N4O3.ClH/c1-13-4-3-5-15(20-13)21-10-7-14(8-11-21)6-9-19-17(23)24-12-16(22)18-2;/h3-5,14H,6-12H2,1-2H3,(H,18,22)(H,19,23);1H. The van der Waals surface area contributed by atoms with Gasteiger partial charge in [0, 0.05) is 32.4 Å². The molecule has 1 aromatic rings. The largest absolute Gasteiger partial charge is 0.439 e. The van der Waals surface area contributed by atoms with Crippen molar-refractivity contribution in [2.45, 2.75) is 26.2 Å². The Hall–Kier alpha value is -2.02. The topological polar surface area (TPSA) is 83.6 Å². The highest BCUT2D eigenvalue weighted by molar-refractivity contribution is 5.85. The van der Waals surface area contributed by atoms with Gasteiger partial charge in [-0.3, -0.25) is 4.79 Å². The zero-order valence-corrected chi connectivity index (χ0v) is 15.6. The molecule has 0 aromatic carbocycles. The molecule has 0 radical (unpaired) electrons. The summed E-state index contributed by atoms with van der Waals surface area (Å²) >= 11 is 0. The van der Waals surface area contributed by atoms with Crippen LogP contribution < -0.4 is 15.5 Å². The lowest BCUT2D eigenvalue weighted by Crippen LogP contribution is -2.36. The van der Waals surface area contributed by atoms with Crippen LogP contribution in [0.25, 0.3) is 0 Å². The average molecular weight is 371 g/mol. The van der Waals surface area contributed by atoms with Crippen molar-refractivity contribution in [3.8, 4) is 0 Å². The molecule has 2 heterocycles. The maximum atomic E-state index is 11.4. The minimum atomic E-state index is -0.542. The number of aryl methyl sites for hydroxylation is 1. The molecule has 0 atom stereocenters. The summed E-state index contributed by atoms with van der Waals surface area (Å²) in [5.74, 6) is 1.32. The molecule has 1 saturated heterocycles. The summed E-state index contributed by atoms with van der Waals surface area (Å²) in [4.78, 5) is 29.3. The van der Waals surface area contributed by atoms with E-state index in [-0.39, 0.29) is 24.9 Å². The van der Waals surface area contributed by atoms with Crippen LogP contribution in [0, 0.1) is 12.8 Å². The van der Waals surface area contributed by atoms with E-state index >= 15 is 0 Å². The number of nitrogens with zero attached hydrogens (tertiary/aromatic N) is 2. The van der Waals surface area contributed by atoms with Gasteiger partial charge in [-0.25, -0.2) is 9.78 Å². The van der Waals surface area contributed by atoms with Gasteiger partial charge in [0.15, 0.2) is 6.61 Å². The Bertz CT molecular complexity index is 563. The van der Waals surface area contributed by atoms with Crippen molar-refractivity contribution < 1.29 is 14.3 Å². The molecule has 140 valence electrons. The van der Waals surface area contributed by atoms with Gasteiger partial charge in [-0.1, -0.05) is 6.07 Å². The number of nitrogens with one attached hydrogen (secondary N) is 2. The molecule has 0 spiro atoms. The Balaban J connectivity index is 0.00000312. The Morgan fingerprint density at radius 2 is 2.04 bits per heavy atom. The quantitative estimate of drug-likeness (QED) is 0.799. The number of halogens is 1. The number of ether oxygens (including phenoxy) is 1. The number of hydrogen-bond acceptors (Lipinski definition) is 5. The first-order valence-electron chi connectivity index (χ1n) is 8.38. The van der Waals surface area contributed by atoms with Gasteiger partial charge in [0.25, 0.3) is 5.91 Å². The Labute approximate surface area is 154 Å². The van der Waals surface area contributed by atoms with Crippen LogP contribution in [0.15, 0.2) is 18.2 Å². The summed E-state index contributed by atoms with van der Waals surface area (Å²) in [6.45, 7) is 4.31. The predicted octanol–water partition coefficient (Wildman–Crippen LogP) is 1.89. The van der Waals surface area contributed by atoms with Crippen LogP contribution in [-0.2, 0) is 9.53 Å². The van der Waals surface area contributed by atoms with Crippen LogP contribution in [-0.4, -0.2) is 50.3 Å². The highest BCUT2D eigenvalue weighted by atomic mass is 35.5. The lowest BCUT2D eigenvalue weighted by Gasteiger charge is -2.33. The first-order valence-corrected chi connectivity index (χ1v) is 8.38. The zero-order chi connectivity index (χ0) is 17.4. The molecule has 0 saturated carbocycles. The van der Waals surface area contributed by atoms with Gasteiger partial charge >= 0.3 is 6.09 Å². The fourth-order valence-electron chi connectivity index (χ4n) is 2.79. The first kappa shape index (κ1) is 21.0. The highest BCUT2D eigenvalue weighted by Gasteiger charge is 2.20. The van der Waals surface area contributed by atoms with E-state index < -0.39 is 6.09 Å². The molecule has 0 unspecified atom stereocenters. The Kier molecular flexibility index (Phi) is 9.05. The number of rotatable bonds is 6. The molecule has 8 heteroatoms. The second-order valence-electron chi connectivity index (χ2n) is 6.03. The molecule has 0 aliphatic carbocycles. The molecular weight excluding hydrogens is 344 g/mol. The molecule has 25 heavy (non-hydrogen) atoms. The summed E-state index contributed by atoms with van der Waals surface area (Å²) in [5.41, 5.74) is 1.04. The molecule has 7 nitrogen and oxygen atoms in total. The van der Waals surface area contributed by atoms with E-state index in [1.807, 2.05) is 19.1 Å². The van der Waals surface area contributed by atoms with E-state index in [4.69, 9.17) is 4.74 Å². The van der Waals surface area contributed by atoms with Crippen molar-refractivity contribution in [2.24, 2.45) is 5.92 Å². The second-order valence-corrected chi connectivity index (χ2v) is 6.03. The second kappa shape index (κ2) is 10.8. The molecule has 0 bridgehead atoms. The van der Waals surface area contributed by atoms with Gasteiger partial charge in [-0.2, -0.15) is 0 Å². The molecule has 1 aromatic heterocycles. The fourth-order valence-corrected chi connectivity index (χ4v) is 2.79. The SMILES string of the molecule is CNC(=O)COC(=O)NCCC1CCN(c2cccc(C)n2)CC1.Cl. The third kappa shape index (κ3) is 7.17. The number of likely N-dealkylation sites (N-methyl/N-ethyl adjacent to an activating group) is 1. The van der Waals surface area contributed by atoms with E-state index in [1.54, 1.807) is 0 Å². The van der Waals surface area contributed by atoms with Crippen LogP contribution in [0.5, 0.6) is 0 Å². The third-order valence-corrected chi connectivity index (χ3v) is 4.25. The van der Waals surface area contributed by atoms with Gasteiger partial charge in [0.2, 0.25) is 0 Å². The minimum Gasteiger partial charge on any atom is -0.439 e. The van der Waals surface area contributed by atoms with Crippen LogP contribution in [0.1, 0.15) is 25.0 Å². The maximum absolute atomic E-state index is 11.4. The van der Waals surface area contributed by atoms with E-state index in [0.717, 1.165) is 43.9 Å². The van der Waals surface area contributed by atoms with Crippen LogP contribution >= 0.6 is 12.4 Å². The molecule has 2 N–H and O–H groups in total. The van der Waals surface area contributed by atoms with Crippen molar-refractivity contribution in [1.29, 1.82) is 0 Å². The first-order chi connectivity index (χ1) is 11.6.